The lowest BCUT2D eigenvalue weighted by Crippen LogP contribution is -2.50. The van der Waals surface area contributed by atoms with Gasteiger partial charge in [0.25, 0.3) is 0 Å². The van der Waals surface area contributed by atoms with Gasteiger partial charge in [-0.1, -0.05) is 18.2 Å². The van der Waals surface area contributed by atoms with Crippen molar-refractivity contribution in [1.29, 1.82) is 0 Å². The summed E-state index contributed by atoms with van der Waals surface area (Å²) in [5, 5.41) is 0. The Morgan fingerprint density at radius 3 is 2.62 bits per heavy atom. The second kappa shape index (κ2) is 5.27. The van der Waals surface area contributed by atoms with Crippen LogP contribution in [0.3, 0.4) is 0 Å². The number of hydrogen-bond donors (Lipinski definition) is 2. The second-order valence-corrected chi connectivity index (χ2v) is 8.49. The van der Waals surface area contributed by atoms with Crippen LogP contribution in [-0.4, -0.2) is 23.0 Å². The van der Waals surface area contributed by atoms with Crippen LogP contribution in [-0.2, 0) is 4.74 Å². The molecule has 3 N–H and O–H groups in total. The highest BCUT2D eigenvalue weighted by atomic mass is 32.2. The minimum atomic E-state index is -0.150. The Hall–Kier alpha value is -0.550. The van der Waals surface area contributed by atoms with E-state index >= 15 is 0 Å². The lowest BCUT2D eigenvalue weighted by molar-refractivity contribution is -0.0783. The minimum Gasteiger partial charge on any atom is -0.369 e. The van der Waals surface area contributed by atoms with Gasteiger partial charge < -0.3 is 4.74 Å². The molecule has 0 radical (unpaired) electrons. The first-order valence-corrected chi connectivity index (χ1v) is 8.71. The Morgan fingerprint density at radius 1 is 1.29 bits per heavy atom. The van der Waals surface area contributed by atoms with Crippen LogP contribution in [0.25, 0.3) is 0 Å². The van der Waals surface area contributed by atoms with Gasteiger partial charge in [0.1, 0.15) is 0 Å². The van der Waals surface area contributed by atoms with Crippen molar-refractivity contribution in [3.63, 3.8) is 0 Å². The third-order valence-corrected chi connectivity index (χ3v) is 6.15. The number of hydrogen-bond acceptors (Lipinski definition) is 4. The van der Waals surface area contributed by atoms with Gasteiger partial charge >= 0.3 is 0 Å². The number of rotatable bonds is 3. The molecule has 0 bridgehead atoms. The van der Waals surface area contributed by atoms with Crippen molar-refractivity contribution in [2.45, 2.75) is 62.2 Å². The summed E-state index contributed by atoms with van der Waals surface area (Å²) in [5.74, 6) is 7.95. The number of hydrazine groups is 1. The van der Waals surface area contributed by atoms with E-state index in [2.05, 4.69) is 57.4 Å². The lowest BCUT2D eigenvalue weighted by atomic mass is 9.75. The molecule has 3 unspecified atom stereocenters. The van der Waals surface area contributed by atoms with E-state index in [-0.39, 0.29) is 17.2 Å². The van der Waals surface area contributed by atoms with Crippen molar-refractivity contribution in [3.8, 4) is 0 Å². The van der Waals surface area contributed by atoms with Crippen LogP contribution in [0.5, 0.6) is 0 Å². The topological polar surface area (TPSA) is 47.3 Å². The zero-order chi connectivity index (χ0) is 15.3. The molecule has 3 atom stereocenters. The number of benzene rings is 1. The molecule has 21 heavy (non-hydrogen) atoms. The van der Waals surface area contributed by atoms with Crippen LogP contribution in [0.4, 0.5) is 0 Å². The fourth-order valence-electron chi connectivity index (χ4n) is 4.16. The molecule has 1 aromatic rings. The van der Waals surface area contributed by atoms with Gasteiger partial charge in [-0.05, 0) is 45.7 Å². The standard InChI is InChI=1S/C17H26N2OS/c1-16(2)9-13(17(3,4)20-16)15(19-18)12-10-21-14-8-6-5-7-11(12)14/h5-8,12-13,15,19H,9-10,18H2,1-4H3. The van der Waals surface area contributed by atoms with E-state index in [9.17, 15) is 0 Å². The van der Waals surface area contributed by atoms with Crippen LogP contribution < -0.4 is 11.3 Å². The number of thioether (sulfide) groups is 1. The Bertz CT molecular complexity index is 529. The summed E-state index contributed by atoms with van der Waals surface area (Å²) in [7, 11) is 0. The molecule has 3 nitrogen and oxygen atoms in total. The summed E-state index contributed by atoms with van der Waals surface area (Å²) >= 11 is 1.94. The summed E-state index contributed by atoms with van der Waals surface area (Å²) in [5.41, 5.74) is 4.34. The van der Waals surface area contributed by atoms with Crippen molar-refractivity contribution in [1.82, 2.24) is 5.43 Å². The first-order chi connectivity index (χ1) is 9.84. The number of nitrogens with one attached hydrogen (secondary N) is 1. The van der Waals surface area contributed by atoms with Crippen molar-refractivity contribution >= 4 is 11.8 Å². The van der Waals surface area contributed by atoms with E-state index < -0.39 is 0 Å². The SMILES string of the molecule is CC1(C)CC(C(NN)C2CSc3ccccc32)C(C)(C)O1. The average molecular weight is 306 g/mol. The van der Waals surface area contributed by atoms with Gasteiger partial charge in [0.15, 0.2) is 0 Å². The molecular formula is C17H26N2OS. The summed E-state index contributed by atoms with van der Waals surface area (Å²) in [6.45, 7) is 8.76. The van der Waals surface area contributed by atoms with Crippen LogP contribution in [0.1, 0.15) is 45.6 Å². The molecule has 0 amide bonds. The molecule has 1 fully saturated rings. The smallest absolute Gasteiger partial charge is 0.0678 e. The molecule has 0 saturated carbocycles. The molecule has 0 spiro atoms. The van der Waals surface area contributed by atoms with Gasteiger partial charge in [-0.15, -0.1) is 11.8 Å². The summed E-state index contributed by atoms with van der Waals surface area (Å²) in [4.78, 5) is 1.40. The molecule has 3 rings (SSSR count). The van der Waals surface area contributed by atoms with Crippen molar-refractivity contribution in [2.75, 3.05) is 5.75 Å². The fraction of sp³-hybridized carbons (Fsp3) is 0.647. The molecule has 0 aliphatic carbocycles. The molecule has 116 valence electrons. The first-order valence-electron chi connectivity index (χ1n) is 7.72. The highest BCUT2D eigenvalue weighted by Gasteiger charge is 2.51. The normalized spacial score (nSPS) is 31.1. The molecule has 2 heterocycles. The average Bonchev–Trinajstić information content (AvgIpc) is 2.90. The van der Waals surface area contributed by atoms with Crippen molar-refractivity contribution in [2.24, 2.45) is 11.8 Å². The number of ether oxygens (including phenoxy) is 1. The maximum absolute atomic E-state index is 6.28. The highest BCUT2D eigenvalue weighted by Crippen LogP contribution is 2.49. The lowest BCUT2D eigenvalue weighted by Gasteiger charge is -2.36. The van der Waals surface area contributed by atoms with Crippen molar-refractivity contribution < 1.29 is 4.74 Å². The second-order valence-electron chi connectivity index (χ2n) is 7.42. The summed E-state index contributed by atoms with van der Waals surface area (Å²) < 4.78 is 6.28. The predicted octanol–water partition coefficient (Wildman–Crippen LogP) is 3.30. The molecule has 2 aliphatic rings. The Morgan fingerprint density at radius 2 is 2.00 bits per heavy atom. The van der Waals surface area contributed by atoms with Gasteiger partial charge in [0, 0.05) is 28.5 Å². The van der Waals surface area contributed by atoms with Gasteiger partial charge in [0.2, 0.25) is 0 Å². The molecule has 0 aromatic heterocycles. The van der Waals surface area contributed by atoms with Gasteiger partial charge in [-0.2, -0.15) is 0 Å². The Labute approximate surface area is 132 Å². The van der Waals surface area contributed by atoms with Crippen LogP contribution in [0.15, 0.2) is 29.2 Å². The quantitative estimate of drug-likeness (QED) is 0.664. The summed E-state index contributed by atoms with van der Waals surface area (Å²) in [6, 6.07) is 8.96. The molecule has 1 saturated heterocycles. The van der Waals surface area contributed by atoms with Gasteiger partial charge in [-0.25, -0.2) is 0 Å². The van der Waals surface area contributed by atoms with Crippen LogP contribution in [0, 0.1) is 5.92 Å². The number of nitrogens with two attached hydrogens (primary N) is 1. The monoisotopic (exact) mass is 306 g/mol. The van der Waals surface area contributed by atoms with E-state index in [4.69, 9.17) is 10.6 Å². The zero-order valence-corrected chi connectivity index (χ0v) is 14.2. The highest BCUT2D eigenvalue weighted by molar-refractivity contribution is 7.99. The first kappa shape index (κ1) is 15.3. The van der Waals surface area contributed by atoms with E-state index in [0.717, 1.165) is 12.2 Å². The predicted molar refractivity (Wildman–Crippen MR) is 88.4 cm³/mol. The van der Waals surface area contributed by atoms with Crippen LogP contribution >= 0.6 is 11.8 Å². The fourth-order valence-corrected chi connectivity index (χ4v) is 5.47. The molecule has 1 aromatic carbocycles. The molecular weight excluding hydrogens is 280 g/mol. The molecule has 4 heteroatoms. The minimum absolute atomic E-state index is 0.0749. The van der Waals surface area contributed by atoms with Crippen molar-refractivity contribution in [3.05, 3.63) is 29.8 Å². The summed E-state index contributed by atoms with van der Waals surface area (Å²) in [6.07, 6.45) is 1.04. The third kappa shape index (κ3) is 2.74. The Balaban J connectivity index is 1.90. The van der Waals surface area contributed by atoms with E-state index in [0.29, 0.717) is 11.8 Å². The number of fused-ring (bicyclic) bond motifs is 1. The van der Waals surface area contributed by atoms with Crippen LogP contribution in [0.2, 0.25) is 0 Å². The maximum Gasteiger partial charge on any atom is 0.0678 e. The zero-order valence-electron chi connectivity index (χ0n) is 13.3. The largest absolute Gasteiger partial charge is 0.369 e. The molecule has 2 aliphatic heterocycles. The van der Waals surface area contributed by atoms with E-state index in [1.54, 1.807) is 0 Å². The van der Waals surface area contributed by atoms with Gasteiger partial charge in [-0.3, -0.25) is 11.3 Å². The van der Waals surface area contributed by atoms with E-state index in [1.807, 2.05) is 11.8 Å². The van der Waals surface area contributed by atoms with Gasteiger partial charge in [0.05, 0.1) is 11.2 Å². The third-order valence-electron chi connectivity index (χ3n) is 4.94. The van der Waals surface area contributed by atoms with E-state index in [1.165, 1.54) is 10.5 Å². The maximum atomic E-state index is 6.28. The Kier molecular flexibility index (Phi) is 3.85.